The molecule has 2 amide bonds. The van der Waals surface area contributed by atoms with Gasteiger partial charge in [-0.3, -0.25) is 0 Å². The predicted octanol–water partition coefficient (Wildman–Crippen LogP) is 0.515. The third-order valence-electron chi connectivity index (χ3n) is 3.19. The third kappa shape index (κ3) is 1.85. The van der Waals surface area contributed by atoms with Gasteiger partial charge >= 0.3 is 6.03 Å². The lowest BCUT2D eigenvalue weighted by Crippen LogP contribution is -2.58. The van der Waals surface area contributed by atoms with Gasteiger partial charge in [-0.15, -0.1) is 0 Å². The minimum atomic E-state index is -0.289. The number of urea groups is 1. The summed E-state index contributed by atoms with van der Waals surface area (Å²) in [6, 6.07) is 0.113. The maximum atomic E-state index is 11.8. The summed E-state index contributed by atoms with van der Waals surface area (Å²) in [5.74, 6) is 0.751. The monoisotopic (exact) mass is 198 g/mol. The van der Waals surface area contributed by atoms with E-state index in [-0.39, 0.29) is 12.1 Å². The fourth-order valence-electron chi connectivity index (χ4n) is 2.01. The van der Waals surface area contributed by atoms with Crippen LogP contribution in [0, 0.1) is 5.92 Å². The van der Waals surface area contributed by atoms with Gasteiger partial charge in [-0.25, -0.2) is 4.79 Å². The van der Waals surface area contributed by atoms with Crippen molar-refractivity contribution in [1.82, 2.24) is 9.80 Å². The number of rotatable bonds is 0. The molecule has 1 N–H and O–H groups in total. The van der Waals surface area contributed by atoms with E-state index in [0.717, 1.165) is 31.8 Å². The Morgan fingerprint density at radius 3 is 2.29 bits per heavy atom. The van der Waals surface area contributed by atoms with Crippen LogP contribution in [0.1, 0.15) is 19.8 Å². The Morgan fingerprint density at radius 2 is 1.79 bits per heavy atom. The van der Waals surface area contributed by atoms with Gasteiger partial charge < -0.3 is 14.9 Å². The smallest absolute Gasteiger partial charge is 0.320 e. The molecular weight excluding hydrogens is 180 g/mol. The van der Waals surface area contributed by atoms with Crippen LogP contribution >= 0.6 is 0 Å². The van der Waals surface area contributed by atoms with Gasteiger partial charge in [0.15, 0.2) is 0 Å². The molecule has 2 saturated heterocycles. The molecular formula is C10H18N2O2. The van der Waals surface area contributed by atoms with Crippen LogP contribution in [0.15, 0.2) is 0 Å². The molecule has 2 heterocycles. The number of nitrogens with zero attached hydrogens (tertiary/aromatic N) is 2. The molecule has 0 atom stereocenters. The van der Waals surface area contributed by atoms with Crippen LogP contribution in [0.2, 0.25) is 0 Å². The summed E-state index contributed by atoms with van der Waals surface area (Å²) < 4.78 is 0. The molecule has 14 heavy (non-hydrogen) atoms. The van der Waals surface area contributed by atoms with Gasteiger partial charge in [-0.2, -0.15) is 0 Å². The molecule has 2 aliphatic rings. The van der Waals surface area contributed by atoms with E-state index in [2.05, 4.69) is 6.92 Å². The lowest BCUT2D eigenvalue weighted by molar-refractivity contribution is 0.0122. The standard InChI is InChI=1S/C10H18N2O2/c1-8-2-4-11(5-3-8)10(14)12-6-9(13)7-12/h8-9,13H,2-7H2,1H3. The molecule has 0 bridgehead atoms. The van der Waals surface area contributed by atoms with Crippen LogP contribution in [0.25, 0.3) is 0 Å². The number of piperidine rings is 1. The van der Waals surface area contributed by atoms with Gasteiger partial charge in [0.1, 0.15) is 0 Å². The van der Waals surface area contributed by atoms with Crippen molar-refractivity contribution < 1.29 is 9.90 Å². The van der Waals surface area contributed by atoms with Crippen molar-refractivity contribution in [2.45, 2.75) is 25.9 Å². The van der Waals surface area contributed by atoms with Gasteiger partial charge in [-0.05, 0) is 18.8 Å². The number of carbonyl (C=O) groups is 1. The van der Waals surface area contributed by atoms with Gasteiger partial charge in [0.2, 0.25) is 0 Å². The Morgan fingerprint density at radius 1 is 1.21 bits per heavy atom. The molecule has 0 radical (unpaired) electrons. The summed E-state index contributed by atoms with van der Waals surface area (Å²) >= 11 is 0. The second-order valence-electron chi connectivity index (χ2n) is 4.51. The lowest BCUT2D eigenvalue weighted by Gasteiger charge is -2.41. The highest BCUT2D eigenvalue weighted by Gasteiger charge is 2.32. The summed E-state index contributed by atoms with van der Waals surface area (Å²) in [6.07, 6.45) is 1.94. The highest BCUT2D eigenvalue weighted by atomic mass is 16.3. The summed E-state index contributed by atoms with van der Waals surface area (Å²) in [5.41, 5.74) is 0. The average molecular weight is 198 g/mol. The molecule has 4 heteroatoms. The van der Waals surface area contributed by atoms with E-state index in [1.54, 1.807) is 4.90 Å². The van der Waals surface area contributed by atoms with Crippen molar-refractivity contribution >= 4 is 6.03 Å². The summed E-state index contributed by atoms with van der Waals surface area (Å²) in [4.78, 5) is 15.4. The van der Waals surface area contributed by atoms with Crippen LogP contribution < -0.4 is 0 Å². The number of likely N-dealkylation sites (tertiary alicyclic amines) is 2. The van der Waals surface area contributed by atoms with Crippen molar-refractivity contribution in [2.75, 3.05) is 26.2 Å². The number of β-amino-alcohol motifs (C(OH)–C–C–N with tert-alkyl or cyclic N) is 1. The van der Waals surface area contributed by atoms with E-state index < -0.39 is 0 Å². The molecule has 80 valence electrons. The Balaban J connectivity index is 1.81. The minimum absolute atomic E-state index is 0.113. The van der Waals surface area contributed by atoms with Gasteiger partial charge in [-0.1, -0.05) is 6.92 Å². The zero-order valence-corrected chi connectivity index (χ0v) is 8.65. The largest absolute Gasteiger partial charge is 0.389 e. The number of hydrogen-bond donors (Lipinski definition) is 1. The number of amides is 2. The number of carbonyl (C=O) groups excluding carboxylic acids is 1. The Labute approximate surface area is 84.5 Å². The van der Waals surface area contributed by atoms with E-state index in [9.17, 15) is 4.79 Å². The summed E-state index contributed by atoms with van der Waals surface area (Å²) in [5, 5.41) is 9.10. The normalized spacial score (nSPS) is 25.0. The van der Waals surface area contributed by atoms with Crippen LogP contribution in [0.5, 0.6) is 0 Å². The first-order chi connectivity index (χ1) is 6.66. The van der Waals surface area contributed by atoms with Gasteiger partial charge in [0.25, 0.3) is 0 Å². The Hall–Kier alpha value is -0.770. The third-order valence-corrected chi connectivity index (χ3v) is 3.19. The quantitative estimate of drug-likeness (QED) is 0.616. The second-order valence-corrected chi connectivity index (χ2v) is 4.51. The molecule has 0 spiro atoms. The SMILES string of the molecule is CC1CCN(C(=O)N2CC(O)C2)CC1. The summed E-state index contributed by atoms with van der Waals surface area (Å²) in [6.45, 7) is 5.03. The van der Waals surface area contributed by atoms with E-state index in [0.29, 0.717) is 13.1 Å². The summed E-state index contributed by atoms with van der Waals surface area (Å²) in [7, 11) is 0. The molecule has 2 rings (SSSR count). The molecule has 0 aromatic heterocycles. The maximum Gasteiger partial charge on any atom is 0.320 e. The van der Waals surface area contributed by atoms with Crippen LogP contribution in [0.3, 0.4) is 0 Å². The van der Waals surface area contributed by atoms with Crippen molar-refractivity contribution in [3.63, 3.8) is 0 Å². The highest BCUT2D eigenvalue weighted by molar-refractivity contribution is 5.75. The zero-order chi connectivity index (χ0) is 10.1. The van der Waals surface area contributed by atoms with Crippen LogP contribution in [-0.4, -0.2) is 53.2 Å². The molecule has 0 aromatic rings. The Kier molecular flexibility index (Phi) is 2.63. The van der Waals surface area contributed by atoms with Crippen molar-refractivity contribution in [3.8, 4) is 0 Å². The van der Waals surface area contributed by atoms with Crippen molar-refractivity contribution in [1.29, 1.82) is 0 Å². The van der Waals surface area contributed by atoms with Crippen molar-refractivity contribution in [2.24, 2.45) is 5.92 Å². The first kappa shape index (κ1) is 9.77. The molecule has 4 nitrogen and oxygen atoms in total. The number of hydrogen-bond acceptors (Lipinski definition) is 2. The molecule has 0 saturated carbocycles. The lowest BCUT2D eigenvalue weighted by atomic mass is 9.99. The van der Waals surface area contributed by atoms with Crippen molar-refractivity contribution in [3.05, 3.63) is 0 Å². The van der Waals surface area contributed by atoms with Crippen LogP contribution in [0.4, 0.5) is 4.79 Å². The number of aliphatic hydroxyl groups is 1. The molecule has 2 aliphatic heterocycles. The first-order valence-electron chi connectivity index (χ1n) is 5.38. The topological polar surface area (TPSA) is 43.8 Å². The second kappa shape index (κ2) is 3.77. The fraction of sp³-hybridized carbons (Fsp3) is 0.900. The molecule has 2 fully saturated rings. The first-order valence-corrected chi connectivity index (χ1v) is 5.38. The van der Waals surface area contributed by atoms with Gasteiger partial charge in [0, 0.05) is 13.1 Å². The zero-order valence-electron chi connectivity index (χ0n) is 8.65. The maximum absolute atomic E-state index is 11.8. The van der Waals surface area contributed by atoms with Gasteiger partial charge in [0.05, 0.1) is 19.2 Å². The van der Waals surface area contributed by atoms with E-state index in [1.165, 1.54) is 0 Å². The minimum Gasteiger partial charge on any atom is -0.389 e. The van der Waals surface area contributed by atoms with E-state index >= 15 is 0 Å². The Bertz CT molecular complexity index is 218. The fourth-order valence-corrected chi connectivity index (χ4v) is 2.01. The molecule has 0 aromatic carbocycles. The average Bonchev–Trinajstić information content (AvgIpc) is 2.13. The van der Waals surface area contributed by atoms with E-state index in [1.807, 2.05) is 4.90 Å². The highest BCUT2D eigenvalue weighted by Crippen LogP contribution is 2.19. The molecule has 0 aliphatic carbocycles. The predicted molar refractivity (Wildman–Crippen MR) is 52.9 cm³/mol. The van der Waals surface area contributed by atoms with E-state index in [4.69, 9.17) is 5.11 Å². The van der Waals surface area contributed by atoms with Crippen LogP contribution in [-0.2, 0) is 0 Å². The molecule has 0 unspecified atom stereocenters. The number of aliphatic hydroxyl groups excluding tert-OH is 1.